The van der Waals surface area contributed by atoms with Crippen molar-refractivity contribution in [2.24, 2.45) is 0 Å². The van der Waals surface area contributed by atoms with E-state index in [1.807, 2.05) is 0 Å². The molecule has 1 aliphatic rings. The standard InChI is InChI=1S/C22H22O9/c1-10-18(24)20(26)21(27)22(30-10)31-16-8-12(23)7-15-17(16)19(25)14(9-29-15)11-3-5-13(28-2)6-4-11/h3-10,18,20-24,26-27H,1-2H3/t10?,18-,20?,21?,22-/m0/s1. The van der Waals surface area contributed by atoms with Crippen LogP contribution in [-0.2, 0) is 4.74 Å². The number of fused-ring (bicyclic) bond motifs is 1. The van der Waals surface area contributed by atoms with E-state index >= 15 is 0 Å². The van der Waals surface area contributed by atoms with Gasteiger partial charge in [0, 0.05) is 12.1 Å². The topological polar surface area (TPSA) is 139 Å². The van der Waals surface area contributed by atoms with E-state index in [9.17, 15) is 25.2 Å². The van der Waals surface area contributed by atoms with Gasteiger partial charge in [-0.1, -0.05) is 12.1 Å². The van der Waals surface area contributed by atoms with Crippen molar-refractivity contribution in [1.29, 1.82) is 0 Å². The molecular weight excluding hydrogens is 408 g/mol. The fraction of sp³-hybridized carbons (Fsp3) is 0.318. The highest BCUT2D eigenvalue weighted by molar-refractivity contribution is 5.88. The summed E-state index contributed by atoms with van der Waals surface area (Å²) in [6, 6.07) is 9.26. The quantitative estimate of drug-likeness (QED) is 0.483. The van der Waals surface area contributed by atoms with Crippen LogP contribution in [0.1, 0.15) is 6.92 Å². The largest absolute Gasteiger partial charge is 0.508 e. The fourth-order valence-corrected chi connectivity index (χ4v) is 3.50. The van der Waals surface area contributed by atoms with Gasteiger partial charge in [0.1, 0.15) is 52.8 Å². The van der Waals surface area contributed by atoms with Crippen molar-refractivity contribution < 1.29 is 39.1 Å². The second-order valence-corrected chi connectivity index (χ2v) is 7.32. The highest BCUT2D eigenvalue weighted by atomic mass is 16.7. The van der Waals surface area contributed by atoms with Crippen molar-refractivity contribution >= 4 is 11.0 Å². The zero-order chi connectivity index (χ0) is 22.3. The molecule has 0 aliphatic carbocycles. The lowest BCUT2D eigenvalue weighted by molar-refractivity contribution is -0.267. The van der Waals surface area contributed by atoms with E-state index in [0.29, 0.717) is 11.3 Å². The molecule has 0 saturated carbocycles. The first-order valence-corrected chi connectivity index (χ1v) is 9.59. The van der Waals surface area contributed by atoms with Gasteiger partial charge in [0.05, 0.1) is 18.8 Å². The highest BCUT2D eigenvalue weighted by Crippen LogP contribution is 2.33. The predicted octanol–water partition coefficient (Wildman–Crippen LogP) is 1.38. The molecule has 3 unspecified atom stereocenters. The molecule has 1 aromatic heterocycles. The molecule has 9 nitrogen and oxygen atoms in total. The van der Waals surface area contributed by atoms with Gasteiger partial charge >= 0.3 is 0 Å². The van der Waals surface area contributed by atoms with Crippen molar-refractivity contribution in [2.45, 2.75) is 37.6 Å². The van der Waals surface area contributed by atoms with Gasteiger partial charge in [0.15, 0.2) is 0 Å². The van der Waals surface area contributed by atoms with Crippen molar-refractivity contribution in [3.05, 3.63) is 52.9 Å². The minimum Gasteiger partial charge on any atom is -0.508 e. The number of aromatic hydroxyl groups is 1. The lowest BCUT2D eigenvalue weighted by Gasteiger charge is -2.38. The maximum Gasteiger partial charge on any atom is 0.229 e. The van der Waals surface area contributed by atoms with E-state index in [0.717, 1.165) is 0 Å². The van der Waals surface area contributed by atoms with Crippen LogP contribution in [0, 0.1) is 0 Å². The Morgan fingerprint density at radius 3 is 2.39 bits per heavy atom. The number of phenols is 1. The van der Waals surface area contributed by atoms with Crippen LogP contribution in [0.4, 0.5) is 0 Å². The van der Waals surface area contributed by atoms with Crippen LogP contribution >= 0.6 is 0 Å². The summed E-state index contributed by atoms with van der Waals surface area (Å²) in [4.78, 5) is 13.3. The highest BCUT2D eigenvalue weighted by Gasteiger charge is 2.43. The molecule has 4 N–H and O–H groups in total. The summed E-state index contributed by atoms with van der Waals surface area (Å²) < 4.78 is 21.8. The van der Waals surface area contributed by atoms with Gasteiger partial charge in [-0.25, -0.2) is 0 Å². The van der Waals surface area contributed by atoms with Crippen LogP contribution in [0.5, 0.6) is 17.2 Å². The van der Waals surface area contributed by atoms with Gasteiger partial charge in [0.2, 0.25) is 11.7 Å². The minimum atomic E-state index is -1.58. The second kappa shape index (κ2) is 8.20. The third-order valence-corrected chi connectivity index (χ3v) is 5.28. The summed E-state index contributed by atoms with van der Waals surface area (Å²) in [5, 5.41) is 40.2. The van der Waals surface area contributed by atoms with Gasteiger partial charge < -0.3 is 39.1 Å². The van der Waals surface area contributed by atoms with Crippen LogP contribution in [-0.4, -0.2) is 58.2 Å². The molecule has 3 aromatic rings. The van der Waals surface area contributed by atoms with Crippen molar-refractivity contribution in [3.8, 4) is 28.4 Å². The van der Waals surface area contributed by atoms with E-state index in [2.05, 4.69) is 0 Å². The maximum atomic E-state index is 13.3. The monoisotopic (exact) mass is 430 g/mol. The van der Waals surface area contributed by atoms with Gasteiger partial charge in [-0.3, -0.25) is 4.79 Å². The predicted molar refractivity (Wildman–Crippen MR) is 109 cm³/mol. The Kier molecular flexibility index (Phi) is 5.59. The van der Waals surface area contributed by atoms with Crippen LogP contribution < -0.4 is 14.9 Å². The molecule has 1 saturated heterocycles. The number of phenolic OH excluding ortho intramolecular Hbond substituents is 1. The first kappa shape index (κ1) is 21.1. The van der Waals surface area contributed by atoms with E-state index in [4.69, 9.17) is 18.6 Å². The molecule has 0 radical (unpaired) electrons. The van der Waals surface area contributed by atoms with Crippen LogP contribution in [0.3, 0.4) is 0 Å². The molecule has 2 heterocycles. The fourth-order valence-electron chi connectivity index (χ4n) is 3.50. The molecule has 9 heteroatoms. The normalized spacial score (nSPS) is 26.0. The van der Waals surface area contributed by atoms with Gasteiger partial charge in [-0.15, -0.1) is 0 Å². The summed E-state index contributed by atoms with van der Waals surface area (Å²) in [7, 11) is 1.54. The Balaban J connectivity index is 1.79. The molecule has 164 valence electrons. The van der Waals surface area contributed by atoms with E-state index in [1.165, 1.54) is 32.4 Å². The lowest BCUT2D eigenvalue weighted by atomic mass is 10.00. The number of benzene rings is 2. The minimum absolute atomic E-state index is 0.0233. The average molecular weight is 430 g/mol. The number of rotatable bonds is 4. The molecule has 5 atom stereocenters. The first-order chi connectivity index (χ1) is 14.8. The van der Waals surface area contributed by atoms with E-state index in [-0.39, 0.29) is 28.0 Å². The van der Waals surface area contributed by atoms with Gasteiger partial charge in [-0.2, -0.15) is 0 Å². The van der Waals surface area contributed by atoms with E-state index in [1.54, 1.807) is 24.3 Å². The van der Waals surface area contributed by atoms with Crippen LogP contribution in [0.15, 0.2) is 51.9 Å². The molecule has 1 fully saturated rings. The Labute approximate surface area is 176 Å². The summed E-state index contributed by atoms with van der Waals surface area (Å²) in [6.07, 6.45) is -5.34. The molecule has 0 spiro atoms. The molecule has 1 aliphatic heterocycles. The smallest absolute Gasteiger partial charge is 0.229 e. The molecule has 4 rings (SSSR count). The SMILES string of the molecule is COc1ccc(-c2coc3cc(O)cc(O[C@@H]4OC(C)[C@H](O)C(O)C4O)c3c2=O)cc1. The molecular formula is C22H22O9. The Morgan fingerprint density at radius 2 is 1.71 bits per heavy atom. The Bertz CT molecular complexity index is 1140. The molecule has 0 amide bonds. The van der Waals surface area contributed by atoms with Gasteiger partial charge in [0.25, 0.3) is 0 Å². The first-order valence-electron chi connectivity index (χ1n) is 9.59. The second-order valence-electron chi connectivity index (χ2n) is 7.32. The third kappa shape index (κ3) is 3.84. The van der Waals surface area contributed by atoms with Crippen molar-refractivity contribution in [3.63, 3.8) is 0 Å². The van der Waals surface area contributed by atoms with Crippen LogP contribution in [0.2, 0.25) is 0 Å². The Hall–Kier alpha value is -3.11. The number of aliphatic hydroxyl groups excluding tert-OH is 3. The van der Waals surface area contributed by atoms with Crippen LogP contribution in [0.25, 0.3) is 22.1 Å². The summed E-state index contributed by atoms with van der Waals surface area (Å²) in [5.74, 6) is 0.293. The number of hydrogen-bond donors (Lipinski definition) is 4. The van der Waals surface area contributed by atoms with Crippen molar-refractivity contribution in [2.75, 3.05) is 7.11 Å². The zero-order valence-electron chi connectivity index (χ0n) is 16.8. The maximum absolute atomic E-state index is 13.3. The lowest BCUT2D eigenvalue weighted by Crippen LogP contribution is -2.58. The Morgan fingerprint density at radius 1 is 1.00 bits per heavy atom. The average Bonchev–Trinajstić information content (AvgIpc) is 2.76. The molecule has 0 bridgehead atoms. The molecule has 2 aromatic carbocycles. The zero-order valence-corrected chi connectivity index (χ0v) is 16.8. The van der Waals surface area contributed by atoms with Crippen molar-refractivity contribution in [1.82, 2.24) is 0 Å². The third-order valence-electron chi connectivity index (χ3n) is 5.28. The summed E-state index contributed by atoms with van der Waals surface area (Å²) in [5.41, 5.74) is 0.466. The number of methoxy groups -OCH3 is 1. The molecule has 31 heavy (non-hydrogen) atoms. The number of aliphatic hydroxyl groups is 3. The summed E-state index contributed by atoms with van der Waals surface area (Å²) in [6.45, 7) is 1.51. The summed E-state index contributed by atoms with van der Waals surface area (Å²) >= 11 is 0. The number of hydrogen-bond acceptors (Lipinski definition) is 9. The van der Waals surface area contributed by atoms with E-state index < -0.39 is 36.1 Å². The van der Waals surface area contributed by atoms with Gasteiger partial charge in [-0.05, 0) is 24.6 Å². The number of ether oxygens (including phenoxy) is 3.